The van der Waals surface area contributed by atoms with Crippen LogP contribution in [0.3, 0.4) is 0 Å². The van der Waals surface area contributed by atoms with Crippen molar-refractivity contribution in [2.45, 2.75) is 27.2 Å². The van der Waals surface area contributed by atoms with Gasteiger partial charge in [0.15, 0.2) is 0 Å². The molecule has 7 nitrogen and oxygen atoms in total. The maximum absolute atomic E-state index is 12.0. The van der Waals surface area contributed by atoms with E-state index in [9.17, 15) is 9.59 Å². The van der Waals surface area contributed by atoms with Crippen molar-refractivity contribution in [3.8, 4) is 0 Å². The Morgan fingerprint density at radius 2 is 2.19 bits per heavy atom. The molecule has 0 spiro atoms. The summed E-state index contributed by atoms with van der Waals surface area (Å²) in [6.45, 7) is 5.56. The van der Waals surface area contributed by atoms with Crippen molar-refractivity contribution in [3.63, 3.8) is 0 Å². The molecule has 0 aliphatic rings. The number of hydrogen-bond acceptors (Lipinski definition) is 7. The molecule has 2 rings (SSSR count). The summed E-state index contributed by atoms with van der Waals surface area (Å²) in [4.78, 5) is 28.7. The number of nitrogens with one attached hydrogen (secondary N) is 1. The van der Waals surface area contributed by atoms with Crippen molar-refractivity contribution in [1.29, 1.82) is 0 Å². The van der Waals surface area contributed by atoms with E-state index in [2.05, 4.69) is 15.5 Å². The number of carbonyl (C=O) groups excluding carboxylic acids is 2. The van der Waals surface area contributed by atoms with Gasteiger partial charge in [-0.15, -0.1) is 11.3 Å². The summed E-state index contributed by atoms with van der Waals surface area (Å²) >= 11 is 1.32. The minimum Gasteiger partial charge on any atom is -0.462 e. The summed E-state index contributed by atoms with van der Waals surface area (Å²) in [6.07, 6.45) is 0.758. The summed E-state index contributed by atoms with van der Waals surface area (Å²) in [5.74, 6) is -0.769. The molecule has 0 bridgehead atoms. The first kappa shape index (κ1) is 15.2. The van der Waals surface area contributed by atoms with Gasteiger partial charge in [0, 0.05) is 11.8 Å². The van der Waals surface area contributed by atoms with E-state index in [-0.39, 0.29) is 12.4 Å². The SMILES string of the molecule is CCOC(=O)c1cc(CC)sc1NC(=O)c1noc(C)n1. The number of amides is 1. The van der Waals surface area contributed by atoms with Crippen molar-refractivity contribution in [1.82, 2.24) is 10.1 Å². The Balaban J connectivity index is 2.24. The molecule has 1 amide bonds. The van der Waals surface area contributed by atoms with Crippen LogP contribution < -0.4 is 5.32 Å². The number of thiophene rings is 1. The molecule has 1 N–H and O–H groups in total. The number of anilines is 1. The van der Waals surface area contributed by atoms with E-state index in [1.54, 1.807) is 19.9 Å². The number of aromatic nitrogens is 2. The molecule has 2 aromatic rings. The summed E-state index contributed by atoms with van der Waals surface area (Å²) in [6, 6.07) is 1.72. The molecule has 0 aliphatic carbocycles. The minimum absolute atomic E-state index is 0.0752. The molecule has 21 heavy (non-hydrogen) atoms. The van der Waals surface area contributed by atoms with E-state index < -0.39 is 11.9 Å². The Bertz CT molecular complexity index is 662. The summed E-state index contributed by atoms with van der Waals surface area (Å²) in [7, 11) is 0. The topological polar surface area (TPSA) is 94.3 Å². The normalized spacial score (nSPS) is 10.4. The van der Waals surface area contributed by atoms with Crippen LogP contribution in [0.25, 0.3) is 0 Å². The van der Waals surface area contributed by atoms with Gasteiger partial charge in [0.1, 0.15) is 5.00 Å². The zero-order valence-electron chi connectivity index (χ0n) is 11.9. The molecule has 112 valence electrons. The van der Waals surface area contributed by atoms with Crippen LogP contribution in [0.1, 0.15) is 45.6 Å². The lowest BCUT2D eigenvalue weighted by Gasteiger charge is -2.03. The second-order valence-corrected chi connectivity index (χ2v) is 5.26. The third-order valence-corrected chi connectivity index (χ3v) is 3.78. The fourth-order valence-corrected chi connectivity index (χ4v) is 2.60. The van der Waals surface area contributed by atoms with Crippen LogP contribution in [0, 0.1) is 6.92 Å². The van der Waals surface area contributed by atoms with Crippen molar-refractivity contribution < 1.29 is 18.8 Å². The third kappa shape index (κ3) is 3.46. The highest BCUT2D eigenvalue weighted by atomic mass is 32.1. The van der Waals surface area contributed by atoms with Crippen LogP contribution in [0.4, 0.5) is 5.00 Å². The number of nitrogens with zero attached hydrogens (tertiary/aromatic N) is 2. The van der Waals surface area contributed by atoms with Gasteiger partial charge in [-0.25, -0.2) is 4.79 Å². The number of ether oxygens (including phenoxy) is 1. The number of rotatable bonds is 5. The maximum Gasteiger partial charge on any atom is 0.341 e. The molecule has 0 radical (unpaired) electrons. The monoisotopic (exact) mass is 309 g/mol. The standard InChI is InChI=1S/C13H15N3O4S/c1-4-8-6-9(13(18)19-5-2)12(21-8)15-11(17)10-14-7(3)20-16-10/h6H,4-5H2,1-3H3,(H,15,17). The Morgan fingerprint density at radius 3 is 2.76 bits per heavy atom. The smallest absolute Gasteiger partial charge is 0.341 e. The fraction of sp³-hybridized carbons (Fsp3) is 0.385. The van der Waals surface area contributed by atoms with Gasteiger partial charge >= 0.3 is 5.97 Å². The first-order chi connectivity index (χ1) is 10.0. The number of aryl methyl sites for hydroxylation is 2. The van der Waals surface area contributed by atoms with Gasteiger partial charge in [-0.3, -0.25) is 4.79 Å². The number of hydrogen-bond donors (Lipinski definition) is 1. The van der Waals surface area contributed by atoms with Gasteiger partial charge < -0.3 is 14.6 Å². The summed E-state index contributed by atoms with van der Waals surface area (Å²) in [5.41, 5.74) is 0.340. The predicted molar refractivity (Wildman–Crippen MR) is 76.6 cm³/mol. The van der Waals surface area contributed by atoms with Crippen LogP contribution in [-0.4, -0.2) is 28.6 Å². The molecule has 2 heterocycles. The molecule has 0 fully saturated rings. The summed E-state index contributed by atoms with van der Waals surface area (Å²) < 4.78 is 9.74. The van der Waals surface area contributed by atoms with Crippen molar-refractivity contribution >= 4 is 28.2 Å². The second-order valence-electron chi connectivity index (χ2n) is 4.12. The molecule has 0 saturated carbocycles. The van der Waals surface area contributed by atoms with Gasteiger partial charge in [0.2, 0.25) is 5.89 Å². The van der Waals surface area contributed by atoms with Crippen molar-refractivity contribution in [2.75, 3.05) is 11.9 Å². The zero-order valence-corrected chi connectivity index (χ0v) is 12.7. The molecule has 0 saturated heterocycles. The van der Waals surface area contributed by atoms with E-state index in [0.717, 1.165) is 11.3 Å². The first-order valence-corrected chi connectivity index (χ1v) is 7.28. The van der Waals surface area contributed by atoms with Gasteiger partial charge in [0.25, 0.3) is 11.7 Å². The average molecular weight is 309 g/mol. The molecular weight excluding hydrogens is 294 g/mol. The third-order valence-electron chi connectivity index (χ3n) is 2.58. The van der Waals surface area contributed by atoms with Crippen molar-refractivity contribution in [3.05, 3.63) is 28.2 Å². The zero-order chi connectivity index (χ0) is 15.4. The van der Waals surface area contributed by atoms with Crippen LogP contribution in [0.15, 0.2) is 10.6 Å². The predicted octanol–water partition coefficient (Wildman–Crippen LogP) is 2.43. The maximum atomic E-state index is 12.0. The lowest BCUT2D eigenvalue weighted by atomic mass is 10.2. The molecule has 0 atom stereocenters. The van der Waals surface area contributed by atoms with Crippen molar-refractivity contribution in [2.24, 2.45) is 0 Å². The minimum atomic E-state index is -0.526. The lowest BCUT2D eigenvalue weighted by Crippen LogP contribution is -2.15. The van der Waals surface area contributed by atoms with Gasteiger partial charge in [-0.1, -0.05) is 12.1 Å². The molecule has 2 aromatic heterocycles. The van der Waals surface area contributed by atoms with Crippen LogP contribution in [-0.2, 0) is 11.2 Å². The van der Waals surface area contributed by atoms with Gasteiger partial charge in [-0.05, 0) is 19.4 Å². The average Bonchev–Trinajstić information content (AvgIpc) is 3.05. The van der Waals surface area contributed by atoms with Crippen LogP contribution in [0.2, 0.25) is 0 Å². The summed E-state index contributed by atoms with van der Waals surface area (Å²) in [5, 5.41) is 6.60. The van der Waals surface area contributed by atoms with Gasteiger partial charge in [0.05, 0.1) is 12.2 Å². The van der Waals surface area contributed by atoms with E-state index >= 15 is 0 Å². The quantitative estimate of drug-likeness (QED) is 0.852. The molecule has 8 heteroatoms. The largest absolute Gasteiger partial charge is 0.462 e. The molecule has 0 unspecified atom stereocenters. The van der Waals surface area contributed by atoms with E-state index in [4.69, 9.17) is 9.26 Å². The fourth-order valence-electron chi connectivity index (χ4n) is 1.62. The van der Waals surface area contributed by atoms with Crippen LogP contribution >= 0.6 is 11.3 Å². The Morgan fingerprint density at radius 1 is 1.43 bits per heavy atom. The molecule has 0 aromatic carbocycles. The number of esters is 1. The second kappa shape index (κ2) is 6.49. The van der Waals surface area contributed by atoms with E-state index in [1.807, 2.05) is 6.92 Å². The molecular formula is C13H15N3O4S. The lowest BCUT2D eigenvalue weighted by molar-refractivity contribution is 0.0528. The highest BCUT2D eigenvalue weighted by molar-refractivity contribution is 7.16. The highest BCUT2D eigenvalue weighted by Crippen LogP contribution is 2.29. The Hall–Kier alpha value is -2.22. The highest BCUT2D eigenvalue weighted by Gasteiger charge is 2.21. The van der Waals surface area contributed by atoms with Gasteiger partial charge in [-0.2, -0.15) is 4.98 Å². The van der Waals surface area contributed by atoms with E-state index in [0.29, 0.717) is 16.5 Å². The Labute approximate surface area is 125 Å². The first-order valence-electron chi connectivity index (χ1n) is 6.46. The number of carbonyl (C=O) groups is 2. The molecule has 0 aliphatic heterocycles. The Kier molecular flexibility index (Phi) is 4.69. The van der Waals surface area contributed by atoms with Crippen LogP contribution in [0.5, 0.6) is 0 Å². The van der Waals surface area contributed by atoms with E-state index in [1.165, 1.54) is 11.3 Å².